The summed E-state index contributed by atoms with van der Waals surface area (Å²) in [5.74, 6) is -2.15. The summed E-state index contributed by atoms with van der Waals surface area (Å²) in [7, 11) is 0. The van der Waals surface area contributed by atoms with Gasteiger partial charge in [0.05, 0.1) is 13.2 Å². The van der Waals surface area contributed by atoms with Gasteiger partial charge in [-0.25, -0.2) is 13.2 Å². The first-order valence-corrected chi connectivity index (χ1v) is 9.79. The number of ether oxygens (including phenoxy) is 2. The predicted molar refractivity (Wildman–Crippen MR) is 110 cm³/mol. The van der Waals surface area contributed by atoms with Gasteiger partial charge in [-0.15, -0.1) is 6.58 Å². The van der Waals surface area contributed by atoms with Crippen LogP contribution in [0.1, 0.15) is 23.8 Å². The molecule has 0 radical (unpaired) electrons. The van der Waals surface area contributed by atoms with Crippen molar-refractivity contribution in [3.05, 3.63) is 95.8 Å². The number of hydrogen-bond acceptors (Lipinski definition) is 2. The van der Waals surface area contributed by atoms with Crippen LogP contribution in [0.15, 0.2) is 67.3 Å². The summed E-state index contributed by atoms with van der Waals surface area (Å²) in [5, 5.41) is 0. The van der Waals surface area contributed by atoms with Crippen molar-refractivity contribution in [1.29, 1.82) is 0 Å². The lowest BCUT2D eigenvalue weighted by atomic mass is 9.97. The molecule has 3 aromatic carbocycles. The Morgan fingerprint density at radius 1 is 0.833 bits per heavy atom. The molecule has 3 aromatic rings. The summed E-state index contributed by atoms with van der Waals surface area (Å²) in [6, 6.07) is 14.9. The maximum atomic E-state index is 14.6. The highest BCUT2D eigenvalue weighted by atomic mass is 19.2. The monoisotopic (exact) mass is 410 g/mol. The van der Waals surface area contributed by atoms with Crippen molar-refractivity contribution in [1.82, 2.24) is 0 Å². The Balaban J connectivity index is 1.59. The van der Waals surface area contributed by atoms with Gasteiger partial charge in [-0.05, 0) is 41.2 Å². The van der Waals surface area contributed by atoms with E-state index in [9.17, 15) is 13.2 Å². The molecule has 1 saturated heterocycles. The highest BCUT2D eigenvalue weighted by molar-refractivity contribution is 5.71. The van der Waals surface area contributed by atoms with Crippen molar-refractivity contribution >= 4 is 0 Å². The Morgan fingerprint density at radius 3 is 2.17 bits per heavy atom. The molecular formula is C25H21F3O2. The van der Waals surface area contributed by atoms with Crippen molar-refractivity contribution < 1.29 is 22.6 Å². The quantitative estimate of drug-likeness (QED) is 0.441. The van der Waals surface area contributed by atoms with Gasteiger partial charge in [0, 0.05) is 11.1 Å². The number of benzene rings is 3. The SMILES string of the molecule is C=CCc1ccc(-c2ccc(-c3ccc(C4OCCCO4)c(F)c3)cc2)c(F)c1F. The topological polar surface area (TPSA) is 18.5 Å². The summed E-state index contributed by atoms with van der Waals surface area (Å²) in [5.41, 5.74) is 2.79. The maximum absolute atomic E-state index is 14.6. The molecule has 0 aromatic heterocycles. The zero-order chi connectivity index (χ0) is 21.1. The van der Waals surface area contributed by atoms with E-state index in [-0.39, 0.29) is 17.5 Å². The van der Waals surface area contributed by atoms with E-state index in [1.807, 2.05) is 0 Å². The minimum Gasteiger partial charge on any atom is -0.348 e. The molecule has 0 spiro atoms. The van der Waals surface area contributed by atoms with Crippen LogP contribution in [0.5, 0.6) is 0 Å². The smallest absolute Gasteiger partial charge is 0.186 e. The molecule has 1 heterocycles. The van der Waals surface area contributed by atoms with Crippen LogP contribution in [0.25, 0.3) is 22.3 Å². The number of allylic oxidation sites excluding steroid dienone is 1. The third-order valence-electron chi connectivity index (χ3n) is 5.14. The van der Waals surface area contributed by atoms with Crippen molar-refractivity contribution in [2.24, 2.45) is 0 Å². The molecule has 5 heteroatoms. The third kappa shape index (κ3) is 4.04. The van der Waals surface area contributed by atoms with E-state index in [2.05, 4.69) is 6.58 Å². The molecule has 30 heavy (non-hydrogen) atoms. The summed E-state index contributed by atoms with van der Waals surface area (Å²) in [4.78, 5) is 0. The molecule has 1 aliphatic heterocycles. The summed E-state index contributed by atoms with van der Waals surface area (Å²) >= 11 is 0. The van der Waals surface area contributed by atoms with Crippen molar-refractivity contribution in [2.45, 2.75) is 19.1 Å². The molecule has 0 saturated carbocycles. The minimum absolute atomic E-state index is 0.181. The van der Waals surface area contributed by atoms with Gasteiger partial charge in [0.1, 0.15) is 5.82 Å². The summed E-state index contributed by atoms with van der Waals surface area (Å²) < 4.78 is 54.3. The Kier molecular flexibility index (Phi) is 6.02. The van der Waals surface area contributed by atoms with E-state index < -0.39 is 23.7 Å². The summed E-state index contributed by atoms with van der Waals surface area (Å²) in [6.45, 7) is 4.64. The molecule has 2 nitrogen and oxygen atoms in total. The molecule has 154 valence electrons. The van der Waals surface area contributed by atoms with E-state index in [4.69, 9.17) is 9.47 Å². The van der Waals surface area contributed by atoms with Crippen molar-refractivity contribution in [3.63, 3.8) is 0 Å². The van der Waals surface area contributed by atoms with Crippen molar-refractivity contribution in [3.8, 4) is 22.3 Å². The molecule has 0 atom stereocenters. The first-order valence-electron chi connectivity index (χ1n) is 9.79. The van der Waals surface area contributed by atoms with Gasteiger partial charge in [-0.1, -0.05) is 54.6 Å². The van der Waals surface area contributed by atoms with Gasteiger partial charge >= 0.3 is 0 Å². The van der Waals surface area contributed by atoms with Crippen molar-refractivity contribution in [2.75, 3.05) is 13.2 Å². The Bertz CT molecular complexity index is 1050. The predicted octanol–water partition coefficient (Wildman–Crippen LogP) is 6.60. The fourth-order valence-corrected chi connectivity index (χ4v) is 3.53. The number of rotatable bonds is 5. The van der Waals surface area contributed by atoms with Crippen LogP contribution >= 0.6 is 0 Å². The zero-order valence-electron chi connectivity index (χ0n) is 16.3. The molecule has 0 bridgehead atoms. The highest BCUT2D eigenvalue weighted by Crippen LogP contribution is 2.31. The van der Waals surface area contributed by atoms with Gasteiger partial charge in [0.2, 0.25) is 0 Å². The lowest BCUT2D eigenvalue weighted by molar-refractivity contribution is -0.184. The van der Waals surface area contributed by atoms with Gasteiger partial charge in [-0.2, -0.15) is 0 Å². The van der Waals surface area contributed by atoms with E-state index >= 15 is 0 Å². The molecule has 0 aliphatic carbocycles. The number of halogens is 3. The average Bonchev–Trinajstić information content (AvgIpc) is 2.78. The van der Waals surface area contributed by atoms with Gasteiger partial charge in [-0.3, -0.25) is 0 Å². The zero-order valence-corrected chi connectivity index (χ0v) is 16.3. The first kappa shape index (κ1) is 20.4. The molecule has 1 aliphatic rings. The maximum Gasteiger partial charge on any atom is 0.186 e. The van der Waals surface area contributed by atoms with E-state index in [1.54, 1.807) is 48.5 Å². The van der Waals surface area contributed by atoms with Crippen LogP contribution in [0.3, 0.4) is 0 Å². The molecule has 0 N–H and O–H groups in total. The van der Waals surface area contributed by atoms with E-state index in [0.717, 1.165) is 12.0 Å². The van der Waals surface area contributed by atoms with Gasteiger partial charge in [0.25, 0.3) is 0 Å². The fourth-order valence-electron chi connectivity index (χ4n) is 3.53. The van der Waals surface area contributed by atoms with Crippen LogP contribution in [0.2, 0.25) is 0 Å². The van der Waals surface area contributed by atoms with Crippen LogP contribution < -0.4 is 0 Å². The summed E-state index contributed by atoms with van der Waals surface area (Å²) in [6.07, 6.45) is 1.91. The van der Waals surface area contributed by atoms with Crippen LogP contribution in [0.4, 0.5) is 13.2 Å². The Morgan fingerprint density at radius 2 is 1.50 bits per heavy atom. The standard InChI is InChI=1S/C25H21F3O2/c1-2-4-18-9-11-20(24(28)23(18)27)17-7-5-16(6-8-17)19-10-12-21(22(26)15-19)25-29-13-3-14-30-25/h2,5-12,15,25H,1,3-4,13-14H2. The highest BCUT2D eigenvalue weighted by Gasteiger charge is 2.20. The molecular weight excluding hydrogens is 389 g/mol. The van der Waals surface area contributed by atoms with Gasteiger partial charge in [0.15, 0.2) is 17.9 Å². The fraction of sp³-hybridized carbons (Fsp3) is 0.200. The number of hydrogen-bond donors (Lipinski definition) is 0. The van der Waals surface area contributed by atoms with Crippen LogP contribution in [-0.2, 0) is 15.9 Å². The first-order chi connectivity index (χ1) is 14.6. The molecule has 4 rings (SSSR count). The molecule has 0 amide bonds. The lowest BCUT2D eigenvalue weighted by Crippen LogP contribution is -2.18. The van der Waals surface area contributed by atoms with E-state index in [1.165, 1.54) is 12.1 Å². The second-order valence-corrected chi connectivity index (χ2v) is 7.13. The second-order valence-electron chi connectivity index (χ2n) is 7.13. The molecule has 0 unspecified atom stereocenters. The lowest BCUT2D eigenvalue weighted by Gasteiger charge is -2.24. The average molecular weight is 410 g/mol. The largest absolute Gasteiger partial charge is 0.348 e. The second kappa shape index (κ2) is 8.86. The normalized spacial score (nSPS) is 14.6. The van der Waals surface area contributed by atoms with Crippen LogP contribution in [0, 0.1) is 17.5 Å². The Hall–Kier alpha value is -2.89. The minimum atomic E-state index is -0.884. The van der Waals surface area contributed by atoms with Gasteiger partial charge < -0.3 is 9.47 Å². The van der Waals surface area contributed by atoms with Crippen LogP contribution in [-0.4, -0.2) is 13.2 Å². The molecule has 1 fully saturated rings. The van der Waals surface area contributed by atoms with E-state index in [0.29, 0.717) is 29.9 Å². The third-order valence-corrected chi connectivity index (χ3v) is 5.14. The Labute approximate surface area is 173 Å².